The summed E-state index contributed by atoms with van der Waals surface area (Å²) >= 11 is 1.68. The van der Waals surface area contributed by atoms with Crippen molar-refractivity contribution in [2.45, 2.75) is 24.2 Å². The van der Waals surface area contributed by atoms with Crippen molar-refractivity contribution < 1.29 is 9.53 Å². The Morgan fingerprint density at radius 3 is 2.16 bits per heavy atom. The average Bonchev–Trinajstić information content (AvgIpc) is 2.68. The van der Waals surface area contributed by atoms with E-state index in [4.69, 9.17) is 4.74 Å². The van der Waals surface area contributed by atoms with Crippen LogP contribution in [0.3, 0.4) is 0 Å². The van der Waals surface area contributed by atoms with Crippen molar-refractivity contribution in [3.63, 3.8) is 0 Å². The molecule has 0 aromatic heterocycles. The molecule has 4 heteroatoms. The Bertz CT molecular complexity index is 717. The Morgan fingerprint density at radius 1 is 1.00 bits per heavy atom. The van der Waals surface area contributed by atoms with E-state index in [9.17, 15) is 4.79 Å². The molecule has 0 aliphatic carbocycles. The fourth-order valence-electron chi connectivity index (χ4n) is 3.14. The van der Waals surface area contributed by atoms with Crippen LogP contribution in [0.15, 0.2) is 53.4 Å². The van der Waals surface area contributed by atoms with Gasteiger partial charge in [0, 0.05) is 29.2 Å². The molecular weight excluding hydrogens is 330 g/mol. The van der Waals surface area contributed by atoms with Crippen molar-refractivity contribution in [3.8, 4) is 0 Å². The van der Waals surface area contributed by atoms with Crippen LogP contribution in [0.5, 0.6) is 0 Å². The van der Waals surface area contributed by atoms with E-state index in [1.54, 1.807) is 11.8 Å². The van der Waals surface area contributed by atoms with Gasteiger partial charge >= 0.3 is 0 Å². The predicted octanol–water partition coefficient (Wildman–Crippen LogP) is 4.41. The number of anilines is 1. The minimum absolute atomic E-state index is 0.152. The maximum absolute atomic E-state index is 13.0. The highest BCUT2D eigenvalue weighted by Gasteiger charge is 2.30. The Kier molecular flexibility index (Phi) is 5.50. The molecule has 0 unspecified atom stereocenters. The quantitative estimate of drug-likeness (QED) is 0.587. The van der Waals surface area contributed by atoms with Crippen LogP contribution in [-0.2, 0) is 10.2 Å². The van der Waals surface area contributed by atoms with E-state index >= 15 is 0 Å². The topological polar surface area (TPSA) is 29.5 Å². The summed E-state index contributed by atoms with van der Waals surface area (Å²) in [5, 5.41) is 0. The van der Waals surface area contributed by atoms with Gasteiger partial charge in [0.2, 0.25) is 0 Å². The first-order chi connectivity index (χ1) is 12.0. The summed E-state index contributed by atoms with van der Waals surface area (Å²) in [6.45, 7) is 7.39. The summed E-state index contributed by atoms with van der Waals surface area (Å²) in [6, 6.07) is 16.3. The molecule has 0 amide bonds. The monoisotopic (exact) mass is 355 g/mol. The van der Waals surface area contributed by atoms with Crippen LogP contribution in [-0.4, -0.2) is 38.3 Å². The van der Waals surface area contributed by atoms with E-state index in [1.165, 1.54) is 10.6 Å². The third-order valence-corrected chi connectivity index (χ3v) is 5.63. The third kappa shape index (κ3) is 3.91. The third-order valence-electron chi connectivity index (χ3n) is 4.89. The zero-order valence-electron chi connectivity index (χ0n) is 15.1. The molecule has 1 aliphatic heterocycles. The molecular formula is C21H25NO2S. The molecule has 0 bridgehead atoms. The maximum atomic E-state index is 13.0. The van der Waals surface area contributed by atoms with Gasteiger partial charge in [-0.1, -0.05) is 24.3 Å². The molecule has 25 heavy (non-hydrogen) atoms. The first-order valence-electron chi connectivity index (χ1n) is 8.64. The molecule has 1 saturated heterocycles. The van der Waals surface area contributed by atoms with Gasteiger partial charge in [0.1, 0.15) is 0 Å². The first kappa shape index (κ1) is 18.0. The Labute approximate surface area is 154 Å². The zero-order valence-corrected chi connectivity index (χ0v) is 15.9. The highest BCUT2D eigenvalue weighted by Crippen LogP contribution is 2.30. The van der Waals surface area contributed by atoms with E-state index in [0.717, 1.165) is 37.4 Å². The minimum atomic E-state index is -0.551. The van der Waals surface area contributed by atoms with E-state index in [2.05, 4.69) is 29.2 Å². The van der Waals surface area contributed by atoms with Crippen molar-refractivity contribution in [1.29, 1.82) is 0 Å². The number of rotatable bonds is 5. The number of hydrogen-bond acceptors (Lipinski definition) is 4. The van der Waals surface area contributed by atoms with Crippen LogP contribution < -0.4 is 4.90 Å². The van der Waals surface area contributed by atoms with E-state index in [0.29, 0.717) is 0 Å². The highest BCUT2D eigenvalue weighted by atomic mass is 32.2. The van der Waals surface area contributed by atoms with E-state index < -0.39 is 5.41 Å². The van der Waals surface area contributed by atoms with Crippen LogP contribution >= 0.6 is 11.8 Å². The van der Waals surface area contributed by atoms with Crippen molar-refractivity contribution >= 4 is 23.2 Å². The zero-order chi connectivity index (χ0) is 17.9. The van der Waals surface area contributed by atoms with Crippen molar-refractivity contribution in [1.82, 2.24) is 0 Å². The van der Waals surface area contributed by atoms with Crippen molar-refractivity contribution in [3.05, 3.63) is 59.7 Å². The van der Waals surface area contributed by atoms with Gasteiger partial charge in [-0.05, 0) is 49.9 Å². The summed E-state index contributed by atoms with van der Waals surface area (Å²) in [4.78, 5) is 16.5. The predicted molar refractivity (Wildman–Crippen MR) is 105 cm³/mol. The largest absolute Gasteiger partial charge is 0.378 e. The van der Waals surface area contributed by atoms with Crippen LogP contribution in [0.1, 0.15) is 29.8 Å². The number of Topliss-reactive ketones (excluding diaryl/α,β-unsaturated/α-hetero) is 1. The van der Waals surface area contributed by atoms with E-state index in [-0.39, 0.29) is 5.78 Å². The number of ether oxygens (including phenoxy) is 1. The lowest BCUT2D eigenvalue weighted by Gasteiger charge is -2.30. The molecule has 0 N–H and O–H groups in total. The lowest BCUT2D eigenvalue weighted by atomic mass is 9.78. The smallest absolute Gasteiger partial charge is 0.172 e. The minimum Gasteiger partial charge on any atom is -0.378 e. The van der Waals surface area contributed by atoms with Gasteiger partial charge in [-0.2, -0.15) is 0 Å². The number of benzene rings is 2. The summed E-state index contributed by atoms with van der Waals surface area (Å²) in [5.41, 5.74) is 2.45. The number of thioether (sulfide) groups is 1. The molecule has 1 heterocycles. The molecule has 2 aromatic carbocycles. The highest BCUT2D eigenvalue weighted by molar-refractivity contribution is 7.98. The number of nitrogens with zero attached hydrogens (tertiary/aromatic N) is 1. The van der Waals surface area contributed by atoms with Gasteiger partial charge in [-0.25, -0.2) is 0 Å². The molecule has 3 nitrogen and oxygen atoms in total. The molecule has 2 aromatic rings. The molecule has 132 valence electrons. The lowest BCUT2D eigenvalue weighted by Crippen LogP contribution is -2.36. The number of carbonyl (C=O) groups is 1. The van der Waals surface area contributed by atoms with Crippen LogP contribution in [0, 0.1) is 0 Å². The molecule has 0 radical (unpaired) electrons. The van der Waals surface area contributed by atoms with Gasteiger partial charge in [-0.15, -0.1) is 11.8 Å². The van der Waals surface area contributed by atoms with Crippen LogP contribution in [0.25, 0.3) is 0 Å². The van der Waals surface area contributed by atoms with Crippen LogP contribution in [0.2, 0.25) is 0 Å². The number of hydrogen-bond donors (Lipinski definition) is 0. The molecule has 1 fully saturated rings. The SMILES string of the molecule is CSc1ccc(C(=O)C(C)(C)c2ccc(N3CCOCC3)cc2)cc1. The Balaban J connectivity index is 1.79. The van der Waals surface area contributed by atoms with E-state index in [1.807, 2.05) is 44.4 Å². The Hall–Kier alpha value is -1.78. The van der Waals surface area contributed by atoms with Gasteiger partial charge in [0.25, 0.3) is 0 Å². The van der Waals surface area contributed by atoms with Crippen LogP contribution in [0.4, 0.5) is 5.69 Å². The second-order valence-electron chi connectivity index (χ2n) is 6.83. The van der Waals surface area contributed by atoms with Gasteiger partial charge in [-0.3, -0.25) is 4.79 Å². The average molecular weight is 356 g/mol. The summed E-state index contributed by atoms with van der Waals surface area (Å²) in [7, 11) is 0. The molecule has 1 aliphatic rings. The molecule has 0 atom stereocenters. The number of morpholine rings is 1. The standard InChI is InChI=1S/C21H25NO2S/c1-21(2,20(23)16-4-10-19(25-3)11-5-16)17-6-8-18(9-7-17)22-12-14-24-15-13-22/h4-11H,12-15H2,1-3H3. The normalized spacial score (nSPS) is 15.2. The van der Waals surface area contributed by atoms with Crippen molar-refractivity contribution in [2.75, 3.05) is 37.5 Å². The fraction of sp³-hybridized carbons (Fsp3) is 0.381. The van der Waals surface area contributed by atoms with Gasteiger partial charge < -0.3 is 9.64 Å². The maximum Gasteiger partial charge on any atom is 0.172 e. The van der Waals surface area contributed by atoms with Gasteiger partial charge in [0.05, 0.1) is 18.6 Å². The second kappa shape index (κ2) is 7.63. The summed E-state index contributed by atoms with van der Waals surface area (Å²) in [6.07, 6.45) is 2.04. The summed E-state index contributed by atoms with van der Waals surface area (Å²) in [5.74, 6) is 0.152. The van der Waals surface area contributed by atoms with Crippen molar-refractivity contribution in [2.24, 2.45) is 0 Å². The molecule has 0 saturated carbocycles. The molecule has 0 spiro atoms. The van der Waals surface area contributed by atoms with Gasteiger partial charge in [0.15, 0.2) is 5.78 Å². The summed E-state index contributed by atoms with van der Waals surface area (Å²) < 4.78 is 5.41. The second-order valence-corrected chi connectivity index (χ2v) is 7.71. The fourth-order valence-corrected chi connectivity index (χ4v) is 3.55. The first-order valence-corrected chi connectivity index (χ1v) is 9.87. The molecule has 3 rings (SSSR count). The Morgan fingerprint density at radius 2 is 1.60 bits per heavy atom. The lowest BCUT2D eigenvalue weighted by molar-refractivity contribution is 0.0908. The number of carbonyl (C=O) groups excluding carboxylic acids is 1. The number of ketones is 1.